The van der Waals surface area contributed by atoms with Crippen molar-refractivity contribution in [2.45, 2.75) is 40.3 Å². The Bertz CT molecular complexity index is 1650. The van der Waals surface area contributed by atoms with Gasteiger partial charge in [-0.05, 0) is 57.5 Å². The summed E-state index contributed by atoms with van der Waals surface area (Å²) in [7, 11) is 0. The number of amides is 1. The number of nitrogens with one attached hydrogen (secondary N) is 1. The minimum Gasteiger partial charge on any atom is -0.464 e. The summed E-state index contributed by atoms with van der Waals surface area (Å²) in [5, 5.41) is 7.28. The van der Waals surface area contributed by atoms with Crippen molar-refractivity contribution in [2.75, 3.05) is 5.32 Å². The van der Waals surface area contributed by atoms with Crippen LogP contribution in [0.2, 0.25) is 0 Å². The molecule has 5 rings (SSSR count). The average molecular weight is 488 g/mol. The summed E-state index contributed by atoms with van der Waals surface area (Å²) < 4.78 is 9.82. The van der Waals surface area contributed by atoms with E-state index in [9.17, 15) is 9.59 Å². The van der Waals surface area contributed by atoms with Gasteiger partial charge >= 0.3 is 0 Å². The second-order valence-corrected chi connectivity index (χ2v) is 9.44. The van der Waals surface area contributed by atoms with Gasteiger partial charge in [-0.1, -0.05) is 29.5 Å². The molecule has 3 aromatic heterocycles. The van der Waals surface area contributed by atoms with Crippen molar-refractivity contribution in [3.8, 4) is 0 Å². The van der Waals surface area contributed by atoms with Gasteiger partial charge in [-0.3, -0.25) is 18.8 Å². The topological polar surface area (TPSA) is 94.4 Å². The minimum absolute atomic E-state index is 0.231. The lowest BCUT2D eigenvalue weighted by Gasteiger charge is -2.23. The molecular formula is C26H25N5O3S. The number of para-hydroxylation sites is 1. The molecule has 4 heterocycles. The fourth-order valence-corrected chi connectivity index (χ4v) is 5.21. The van der Waals surface area contributed by atoms with Crippen molar-refractivity contribution in [2.24, 2.45) is 4.99 Å². The Hall–Kier alpha value is -3.98. The summed E-state index contributed by atoms with van der Waals surface area (Å²) in [5.74, 6) is 0.888. The first-order valence-electron chi connectivity index (χ1n) is 11.3. The number of fused-ring (bicyclic) bond motifs is 1. The number of rotatable bonds is 5. The SMILES string of the molecule is CCn1cc(/C=c2/sc3n(c2=O)[C@@H](c2ccc(C)o2)C(C(=O)Nc2ccccc2C)=C(C)N=3)cn1. The third kappa shape index (κ3) is 4.19. The average Bonchev–Trinajstić information content (AvgIpc) is 3.54. The maximum atomic E-state index is 13.6. The Morgan fingerprint density at radius 3 is 2.69 bits per heavy atom. The van der Waals surface area contributed by atoms with E-state index >= 15 is 0 Å². The molecule has 1 atom stereocenters. The molecule has 1 aliphatic rings. The van der Waals surface area contributed by atoms with Crippen LogP contribution in [0.5, 0.6) is 0 Å². The summed E-state index contributed by atoms with van der Waals surface area (Å²) in [6, 6.07) is 10.5. The lowest BCUT2D eigenvalue weighted by atomic mass is 10.00. The van der Waals surface area contributed by atoms with Crippen LogP contribution in [0.1, 0.15) is 42.5 Å². The van der Waals surface area contributed by atoms with Crippen molar-refractivity contribution in [3.05, 3.63) is 102 Å². The predicted molar refractivity (Wildman–Crippen MR) is 135 cm³/mol. The van der Waals surface area contributed by atoms with E-state index < -0.39 is 6.04 Å². The number of benzene rings is 1. The smallest absolute Gasteiger partial charge is 0.271 e. The summed E-state index contributed by atoms with van der Waals surface area (Å²) >= 11 is 1.29. The highest BCUT2D eigenvalue weighted by molar-refractivity contribution is 7.07. The van der Waals surface area contributed by atoms with Gasteiger partial charge in [-0.25, -0.2) is 4.99 Å². The van der Waals surface area contributed by atoms with Crippen LogP contribution in [0.4, 0.5) is 5.69 Å². The Balaban J connectivity index is 1.65. The lowest BCUT2D eigenvalue weighted by Crippen LogP contribution is -2.40. The molecule has 0 unspecified atom stereocenters. The Morgan fingerprint density at radius 2 is 2.00 bits per heavy atom. The van der Waals surface area contributed by atoms with Gasteiger partial charge in [-0.15, -0.1) is 0 Å². The third-order valence-corrected chi connectivity index (χ3v) is 6.95. The van der Waals surface area contributed by atoms with E-state index in [1.165, 1.54) is 11.3 Å². The number of aromatic nitrogens is 3. The van der Waals surface area contributed by atoms with Crippen LogP contribution in [0, 0.1) is 13.8 Å². The number of aryl methyl sites for hydroxylation is 3. The Labute approximate surface area is 205 Å². The van der Waals surface area contributed by atoms with Gasteiger partial charge in [0.15, 0.2) is 4.80 Å². The first kappa shape index (κ1) is 22.8. The number of carbonyl (C=O) groups excluding carboxylic acids is 1. The molecule has 0 radical (unpaired) electrons. The quantitative estimate of drug-likeness (QED) is 0.467. The van der Waals surface area contributed by atoms with Gasteiger partial charge < -0.3 is 9.73 Å². The normalized spacial score (nSPS) is 15.8. The number of carbonyl (C=O) groups is 1. The van der Waals surface area contributed by atoms with E-state index in [1.54, 1.807) is 28.4 Å². The molecule has 8 nitrogen and oxygen atoms in total. The zero-order chi connectivity index (χ0) is 24.7. The number of hydrogen-bond acceptors (Lipinski definition) is 6. The molecule has 0 fully saturated rings. The van der Waals surface area contributed by atoms with Crippen LogP contribution in [0.25, 0.3) is 6.08 Å². The van der Waals surface area contributed by atoms with E-state index in [-0.39, 0.29) is 11.5 Å². The van der Waals surface area contributed by atoms with Crippen LogP contribution < -0.4 is 20.2 Å². The molecule has 0 bridgehead atoms. The maximum Gasteiger partial charge on any atom is 0.271 e. The minimum atomic E-state index is -0.732. The first-order chi connectivity index (χ1) is 16.9. The molecule has 0 saturated carbocycles. The van der Waals surface area contributed by atoms with Crippen molar-refractivity contribution >= 4 is 29.0 Å². The number of hydrogen-bond donors (Lipinski definition) is 1. The maximum absolute atomic E-state index is 13.6. The second kappa shape index (κ2) is 8.99. The molecule has 1 amide bonds. The number of anilines is 1. The highest BCUT2D eigenvalue weighted by Crippen LogP contribution is 2.32. The van der Waals surface area contributed by atoms with Gasteiger partial charge in [0.2, 0.25) is 0 Å². The van der Waals surface area contributed by atoms with Crippen molar-refractivity contribution in [1.29, 1.82) is 0 Å². The number of furan rings is 1. The largest absolute Gasteiger partial charge is 0.464 e. The van der Waals surface area contributed by atoms with E-state index in [0.717, 1.165) is 17.7 Å². The van der Waals surface area contributed by atoms with Crippen molar-refractivity contribution in [1.82, 2.24) is 14.3 Å². The van der Waals surface area contributed by atoms with Gasteiger partial charge in [-0.2, -0.15) is 5.10 Å². The highest BCUT2D eigenvalue weighted by atomic mass is 32.1. The highest BCUT2D eigenvalue weighted by Gasteiger charge is 2.34. The third-order valence-electron chi connectivity index (χ3n) is 5.97. The molecule has 1 aliphatic heterocycles. The van der Waals surface area contributed by atoms with Crippen LogP contribution in [0.15, 0.2) is 74.3 Å². The molecule has 1 N–H and O–H groups in total. The van der Waals surface area contributed by atoms with Crippen LogP contribution in [-0.4, -0.2) is 20.3 Å². The monoisotopic (exact) mass is 487 g/mol. The fraction of sp³-hybridized carbons (Fsp3) is 0.231. The molecule has 1 aromatic carbocycles. The predicted octanol–water partition coefficient (Wildman–Crippen LogP) is 3.30. The standard InChI is InChI=1S/C26H25N5O3S/c1-5-30-14-18(13-27-30)12-21-25(33)31-23(20-11-10-16(3)34-20)22(17(4)28-26(31)35-21)24(32)29-19-9-7-6-8-15(19)2/h6-14,23H,5H2,1-4H3,(H,29,32)/b21-12+/t23-/m0/s1. The molecule has 9 heteroatoms. The Morgan fingerprint density at radius 1 is 1.20 bits per heavy atom. The second-order valence-electron chi connectivity index (χ2n) is 8.43. The number of thiazole rings is 1. The molecule has 35 heavy (non-hydrogen) atoms. The van der Waals surface area contributed by atoms with E-state index in [4.69, 9.17) is 4.42 Å². The zero-order valence-electron chi connectivity index (χ0n) is 19.9. The molecule has 178 valence electrons. The van der Waals surface area contributed by atoms with Crippen molar-refractivity contribution in [3.63, 3.8) is 0 Å². The van der Waals surface area contributed by atoms with E-state index in [0.29, 0.717) is 37.8 Å². The summed E-state index contributed by atoms with van der Waals surface area (Å²) in [4.78, 5) is 32.4. The number of allylic oxidation sites excluding steroid dienone is 1. The van der Waals surface area contributed by atoms with Gasteiger partial charge in [0.1, 0.15) is 17.6 Å². The summed E-state index contributed by atoms with van der Waals surface area (Å²) in [6.07, 6.45) is 5.42. The van der Waals surface area contributed by atoms with Gasteiger partial charge in [0.25, 0.3) is 11.5 Å². The molecule has 0 spiro atoms. The van der Waals surface area contributed by atoms with Crippen molar-refractivity contribution < 1.29 is 9.21 Å². The van der Waals surface area contributed by atoms with Gasteiger partial charge in [0.05, 0.1) is 22.0 Å². The van der Waals surface area contributed by atoms with Crippen LogP contribution >= 0.6 is 11.3 Å². The summed E-state index contributed by atoms with van der Waals surface area (Å²) in [6.45, 7) is 8.30. The molecule has 4 aromatic rings. The molecular weight excluding hydrogens is 462 g/mol. The Kier molecular flexibility index (Phi) is 5.86. The van der Waals surface area contributed by atoms with E-state index in [2.05, 4.69) is 15.4 Å². The first-order valence-corrected chi connectivity index (χ1v) is 12.2. The fourth-order valence-electron chi connectivity index (χ4n) is 4.16. The molecule has 0 aliphatic carbocycles. The van der Waals surface area contributed by atoms with Crippen LogP contribution in [0.3, 0.4) is 0 Å². The van der Waals surface area contributed by atoms with E-state index in [1.807, 2.05) is 63.4 Å². The van der Waals surface area contributed by atoms with Crippen LogP contribution in [-0.2, 0) is 11.3 Å². The molecule has 0 saturated heterocycles. The lowest BCUT2D eigenvalue weighted by molar-refractivity contribution is -0.113. The summed E-state index contributed by atoms with van der Waals surface area (Å²) in [5.41, 5.74) is 3.16. The number of nitrogens with zero attached hydrogens (tertiary/aromatic N) is 4. The zero-order valence-corrected chi connectivity index (χ0v) is 20.7. The van der Waals surface area contributed by atoms with Gasteiger partial charge in [0, 0.05) is 24.0 Å².